The van der Waals surface area contributed by atoms with E-state index in [2.05, 4.69) is 17.6 Å². The van der Waals surface area contributed by atoms with E-state index in [0.717, 1.165) is 18.4 Å². The van der Waals surface area contributed by atoms with Crippen LogP contribution in [-0.2, 0) is 4.79 Å². The fourth-order valence-corrected chi connectivity index (χ4v) is 4.69. The van der Waals surface area contributed by atoms with Gasteiger partial charge >= 0.3 is 0 Å². The first-order chi connectivity index (χ1) is 11.1. The van der Waals surface area contributed by atoms with E-state index in [1.165, 1.54) is 19.3 Å². The van der Waals surface area contributed by atoms with Gasteiger partial charge in [-0.1, -0.05) is 49.6 Å². The number of hydrazine groups is 1. The molecule has 2 aliphatic heterocycles. The molecule has 3 fully saturated rings. The largest absolute Gasteiger partial charge is 0.366 e. The third kappa shape index (κ3) is 2.30. The lowest BCUT2D eigenvalue weighted by Gasteiger charge is -2.33. The van der Waals surface area contributed by atoms with Crippen molar-refractivity contribution in [3.05, 3.63) is 35.9 Å². The first kappa shape index (κ1) is 15.1. The Morgan fingerprint density at radius 1 is 1.17 bits per heavy atom. The Morgan fingerprint density at radius 3 is 2.57 bits per heavy atom. The van der Waals surface area contributed by atoms with E-state index in [0.29, 0.717) is 12.6 Å². The summed E-state index contributed by atoms with van der Waals surface area (Å²) in [4.78, 5) is 14.9. The molecule has 1 amide bonds. The fraction of sp³-hybridized carbons (Fsp3) is 0.611. The number of fused-ring (bicyclic) bond motifs is 1. The summed E-state index contributed by atoms with van der Waals surface area (Å²) in [5.41, 5.74) is 2.75. The second-order valence-corrected chi connectivity index (χ2v) is 7.20. The normalized spacial score (nSPS) is 35.7. The zero-order chi connectivity index (χ0) is 16.0. The summed E-state index contributed by atoms with van der Waals surface area (Å²) in [6.07, 6.45) is 5.78. The Kier molecular flexibility index (Phi) is 3.67. The van der Waals surface area contributed by atoms with Gasteiger partial charge in [0.1, 0.15) is 0 Å². The fourth-order valence-electron chi connectivity index (χ4n) is 4.69. The van der Waals surface area contributed by atoms with Crippen LogP contribution in [-0.4, -0.2) is 46.3 Å². The maximum Gasteiger partial charge on any atom is 0.271 e. The number of amides is 1. The topological polar surface area (TPSA) is 55.8 Å². The third-order valence-corrected chi connectivity index (χ3v) is 5.82. The van der Waals surface area contributed by atoms with Gasteiger partial charge in [0.2, 0.25) is 5.72 Å². The molecule has 3 atom stereocenters. The first-order valence-electron chi connectivity index (χ1n) is 8.70. The molecule has 2 N–H and O–H groups in total. The highest BCUT2D eigenvalue weighted by Crippen LogP contribution is 2.45. The molecule has 0 aromatic heterocycles. The number of benzene rings is 1. The summed E-state index contributed by atoms with van der Waals surface area (Å²) >= 11 is 0. The summed E-state index contributed by atoms with van der Waals surface area (Å²) < 4.78 is 0. The van der Waals surface area contributed by atoms with E-state index in [4.69, 9.17) is 0 Å². The van der Waals surface area contributed by atoms with Gasteiger partial charge in [-0.2, -0.15) is 0 Å². The van der Waals surface area contributed by atoms with Crippen LogP contribution in [0.2, 0.25) is 0 Å². The average molecular weight is 315 g/mol. The number of aliphatic hydroxyl groups is 1. The highest BCUT2D eigenvalue weighted by molar-refractivity contribution is 5.88. The second-order valence-electron chi connectivity index (χ2n) is 7.20. The molecule has 0 bridgehead atoms. The van der Waals surface area contributed by atoms with Gasteiger partial charge in [-0.25, -0.2) is 10.4 Å². The zero-order valence-corrected chi connectivity index (χ0v) is 13.6. The van der Waals surface area contributed by atoms with Crippen molar-refractivity contribution >= 4 is 5.91 Å². The van der Waals surface area contributed by atoms with Crippen LogP contribution in [0, 0.1) is 5.92 Å². The smallest absolute Gasteiger partial charge is 0.271 e. The van der Waals surface area contributed by atoms with Crippen molar-refractivity contribution in [2.24, 2.45) is 5.92 Å². The SMILES string of the molecule is CN1N[C@]2(O)C(=O)N(C3CCCCC3)C[C@H]2[C@H]1c1ccccc1. The molecule has 5 nitrogen and oxygen atoms in total. The van der Waals surface area contributed by atoms with Crippen LogP contribution < -0.4 is 5.43 Å². The van der Waals surface area contributed by atoms with Gasteiger partial charge in [-0.3, -0.25) is 4.79 Å². The average Bonchev–Trinajstić information content (AvgIpc) is 2.97. The molecule has 1 aromatic rings. The standard InChI is InChI=1S/C18H25N3O2/c1-20-16(13-8-4-2-5-9-13)15-12-21(14-10-6-3-7-11-14)17(22)18(15,23)19-20/h2,4-5,8-9,14-16,19,23H,3,6-7,10-12H2,1H3/t15-,16+,18+/m0/s1. The molecule has 0 unspecified atom stereocenters. The van der Waals surface area contributed by atoms with Crippen molar-refractivity contribution in [2.75, 3.05) is 13.6 Å². The molecule has 124 valence electrons. The summed E-state index contributed by atoms with van der Waals surface area (Å²) in [6, 6.07) is 10.5. The molecule has 1 saturated carbocycles. The monoisotopic (exact) mass is 315 g/mol. The minimum Gasteiger partial charge on any atom is -0.366 e. The van der Waals surface area contributed by atoms with E-state index in [-0.39, 0.29) is 17.9 Å². The van der Waals surface area contributed by atoms with Gasteiger partial charge in [0.25, 0.3) is 5.91 Å². The Morgan fingerprint density at radius 2 is 1.87 bits per heavy atom. The number of nitrogens with one attached hydrogen (secondary N) is 1. The number of hydrogen-bond acceptors (Lipinski definition) is 4. The van der Waals surface area contributed by atoms with Crippen LogP contribution in [0.5, 0.6) is 0 Å². The molecule has 3 aliphatic rings. The predicted octanol–water partition coefficient (Wildman–Crippen LogP) is 1.66. The van der Waals surface area contributed by atoms with Crippen LogP contribution in [0.25, 0.3) is 0 Å². The Balaban J connectivity index is 1.63. The second kappa shape index (κ2) is 5.58. The van der Waals surface area contributed by atoms with E-state index < -0.39 is 5.72 Å². The predicted molar refractivity (Wildman–Crippen MR) is 87.1 cm³/mol. The molecular formula is C18H25N3O2. The van der Waals surface area contributed by atoms with Gasteiger partial charge in [-0.15, -0.1) is 0 Å². The molecule has 2 saturated heterocycles. The molecular weight excluding hydrogens is 290 g/mol. The highest BCUT2D eigenvalue weighted by Gasteiger charge is 2.62. The van der Waals surface area contributed by atoms with Crippen molar-refractivity contribution in [3.8, 4) is 0 Å². The molecule has 1 aromatic carbocycles. The van der Waals surface area contributed by atoms with Gasteiger partial charge in [0, 0.05) is 19.6 Å². The van der Waals surface area contributed by atoms with Gasteiger partial charge in [0.15, 0.2) is 0 Å². The Labute approximate surface area is 137 Å². The summed E-state index contributed by atoms with van der Waals surface area (Å²) in [5, 5.41) is 13.0. The van der Waals surface area contributed by atoms with Crippen molar-refractivity contribution in [3.63, 3.8) is 0 Å². The Hall–Kier alpha value is -1.43. The first-order valence-corrected chi connectivity index (χ1v) is 8.70. The maximum atomic E-state index is 12.9. The number of hydrogen-bond donors (Lipinski definition) is 2. The van der Waals surface area contributed by atoms with Gasteiger partial charge in [0.05, 0.1) is 12.0 Å². The lowest BCUT2D eigenvalue weighted by molar-refractivity contribution is -0.151. The van der Waals surface area contributed by atoms with Crippen molar-refractivity contribution in [1.82, 2.24) is 15.3 Å². The lowest BCUT2D eigenvalue weighted by atomic mass is 9.89. The quantitative estimate of drug-likeness (QED) is 0.871. The van der Waals surface area contributed by atoms with Gasteiger partial charge in [-0.05, 0) is 18.4 Å². The van der Waals surface area contributed by atoms with Crippen LogP contribution in [0.4, 0.5) is 0 Å². The maximum absolute atomic E-state index is 12.9. The van der Waals surface area contributed by atoms with Crippen LogP contribution in [0.3, 0.4) is 0 Å². The molecule has 23 heavy (non-hydrogen) atoms. The number of likely N-dealkylation sites (tertiary alicyclic amines) is 1. The third-order valence-electron chi connectivity index (χ3n) is 5.82. The number of carbonyl (C=O) groups is 1. The van der Waals surface area contributed by atoms with E-state index in [1.807, 2.05) is 35.2 Å². The Bertz CT molecular complexity index is 587. The van der Waals surface area contributed by atoms with E-state index >= 15 is 0 Å². The van der Waals surface area contributed by atoms with E-state index in [9.17, 15) is 9.90 Å². The summed E-state index contributed by atoms with van der Waals surface area (Å²) in [6.45, 7) is 0.636. The molecule has 2 heterocycles. The van der Waals surface area contributed by atoms with Crippen molar-refractivity contribution in [2.45, 2.75) is 49.9 Å². The van der Waals surface area contributed by atoms with Gasteiger partial charge < -0.3 is 10.0 Å². The number of nitrogens with zero attached hydrogens (tertiary/aromatic N) is 2. The van der Waals surface area contributed by atoms with Crippen LogP contribution >= 0.6 is 0 Å². The van der Waals surface area contributed by atoms with Crippen molar-refractivity contribution < 1.29 is 9.90 Å². The van der Waals surface area contributed by atoms with Crippen molar-refractivity contribution in [1.29, 1.82) is 0 Å². The van der Waals surface area contributed by atoms with Crippen LogP contribution in [0.15, 0.2) is 30.3 Å². The molecule has 0 spiro atoms. The number of carbonyl (C=O) groups excluding carboxylic acids is 1. The molecule has 1 aliphatic carbocycles. The number of rotatable bonds is 2. The summed E-state index contributed by atoms with van der Waals surface area (Å²) in [5.74, 6) is -0.274. The minimum atomic E-state index is -1.45. The highest BCUT2D eigenvalue weighted by atomic mass is 16.3. The zero-order valence-electron chi connectivity index (χ0n) is 13.6. The molecule has 0 radical (unpaired) electrons. The summed E-state index contributed by atoms with van der Waals surface area (Å²) in [7, 11) is 1.91. The molecule has 5 heteroatoms. The molecule has 4 rings (SSSR count). The van der Waals surface area contributed by atoms with Crippen LogP contribution in [0.1, 0.15) is 43.7 Å². The minimum absolute atomic E-state index is 0.0127. The van der Waals surface area contributed by atoms with E-state index in [1.54, 1.807) is 0 Å². The lowest BCUT2D eigenvalue weighted by Crippen LogP contribution is -2.54.